The molecular formula is C20H22O5. The van der Waals surface area contributed by atoms with Gasteiger partial charge in [-0.1, -0.05) is 25.5 Å². The van der Waals surface area contributed by atoms with E-state index in [-0.39, 0.29) is 36.6 Å². The van der Waals surface area contributed by atoms with Crippen LogP contribution in [0.1, 0.15) is 31.2 Å². The first-order chi connectivity index (χ1) is 12.2. The maximum Gasteiger partial charge on any atom is 0.306 e. The summed E-state index contributed by atoms with van der Waals surface area (Å²) in [5, 5.41) is 0. The van der Waals surface area contributed by atoms with Crippen LogP contribution in [0.25, 0.3) is 0 Å². The Morgan fingerprint density at radius 2 is 1.84 bits per heavy atom. The topological polar surface area (TPSA) is 54.0 Å². The van der Waals surface area contributed by atoms with Gasteiger partial charge in [-0.25, -0.2) is 0 Å². The number of carbonyl (C=O) groups is 1. The van der Waals surface area contributed by atoms with E-state index in [1.807, 2.05) is 18.2 Å². The van der Waals surface area contributed by atoms with E-state index in [1.165, 1.54) is 5.56 Å². The van der Waals surface area contributed by atoms with Crippen molar-refractivity contribution in [1.29, 1.82) is 0 Å². The molecule has 2 heterocycles. The van der Waals surface area contributed by atoms with Crippen LogP contribution in [-0.4, -0.2) is 26.0 Å². The lowest BCUT2D eigenvalue weighted by Crippen LogP contribution is -2.30. The first kappa shape index (κ1) is 16.1. The Labute approximate surface area is 147 Å². The fourth-order valence-corrected chi connectivity index (χ4v) is 4.08. The lowest BCUT2D eigenvalue weighted by molar-refractivity contribution is -0.147. The van der Waals surface area contributed by atoms with Crippen molar-refractivity contribution in [3.63, 3.8) is 0 Å². The van der Waals surface area contributed by atoms with E-state index in [0.717, 1.165) is 17.9 Å². The largest absolute Gasteiger partial charge is 0.497 e. The third-order valence-electron chi connectivity index (χ3n) is 5.35. The van der Waals surface area contributed by atoms with Crippen LogP contribution in [0.2, 0.25) is 0 Å². The van der Waals surface area contributed by atoms with Gasteiger partial charge in [0.15, 0.2) is 11.5 Å². The van der Waals surface area contributed by atoms with E-state index in [2.05, 4.69) is 25.1 Å². The highest BCUT2D eigenvalue weighted by Crippen LogP contribution is 2.46. The van der Waals surface area contributed by atoms with E-state index in [9.17, 15) is 4.79 Å². The first-order valence-electron chi connectivity index (χ1n) is 8.72. The van der Waals surface area contributed by atoms with Crippen molar-refractivity contribution in [1.82, 2.24) is 0 Å². The van der Waals surface area contributed by atoms with Crippen LogP contribution < -0.4 is 4.74 Å². The third-order valence-corrected chi connectivity index (χ3v) is 5.35. The summed E-state index contributed by atoms with van der Waals surface area (Å²) in [6, 6.07) is 8.11. The maximum atomic E-state index is 12.3. The Kier molecular flexibility index (Phi) is 4.15. The quantitative estimate of drug-likeness (QED) is 0.787. The number of fused-ring (bicyclic) bond motifs is 2. The first-order valence-corrected chi connectivity index (χ1v) is 8.72. The number of esters is 1. The SMILES string of the molecule is CC[C@@H]1CC(=O)OC2C=C3OCOC3=CC2[C@@H]1c1ccc(OC)cc1. The highest BCUT2D eigenvalue weighted by molar-refractivity contribution is 5.71. The maximum absolute atomic E-state index is 12.3. The minimum absolute atomic E-state index is 0.0326. The van der Waals surface area contributed by atoms with Gasteiger partial charge in [0.25, 0.3) is 0 Å². The molecule has 0 N–H and O–H groups in total. The molecule has 0 radical (unpaired) electrons. The van der Waals surface area contributed by atoms with Crippen LogP contribution in [0, 0.1) is 11.8 Å². The van der Waals surface area contributed by atoms with Crippen molar-refractivity contribution in [3.8, 4) is 5.75 Å². The predicted molar refractivity (Wildman–Crippen MR) is 90.7 cm³/mol. The van der Waals surface area contributed by atoms with Gasteiger partial charge < -0.3 is 18.9 Å². The second-order valence-corrected chi connectivity index (χ2v) is 6.67. The molecule has 2 unspecified atom stereocenters. The summed E-state index contributed by atoms with van der Waals surface area (Å²) in [6.45, 7) is 2.34. The van der Waals surface area contributed by atoms with Gasteiger partial charge in [-0.3, -0.25) is 4.79 Å². The molecule has 4 atom stereocenters. The van der Waals surface area contributed by atoms with Gasteiger partial charge in [0.2, 0.25) is 6.79 Å². The van der Waals surface area contributed by atoms with Gasteiger partial charge in [0.05, 0.1) is 7.11 Å². The zero-order valence-electron chi connectivity index (χ0n) is 14.4. The molecule has 0 spiro atoms. The summed E-state index contributed by atoms with van der Waals surface area (Å²) in [5.74, 6) is 2.53. The molecule has 2 aliphatic heterocycles. The van der Waals surface area contributed by atoms with E-state index in [4.69, 9.17) is 18.9 Å². The summed E-state index contributed by atoms with van der Waals surface area (Å²) < 4.78 is 22.1. The molecule has 1 aliphatic carbocycles. The van der Waals surface area contributed by atoms with Gasteiger partial charge in [0, 0.05) is 18.4 Å². The van der Waals surface area contributed by atoms with Gasteiger partial charge in [-0.05, 0) is 35.6 Å². The third kappa shape index (κ3) is 2.88. The van der Waals surface area contributed by atoms with Crippen molar-refractivity contribution < 1.29 is 23.7 Å². The minimum Gasteiger partial charge on any atom is -0.497 e. The molecule has 0 aromatic heterocycles. The summed E-state index contributed by atoms with van der Waals surface area (Å²) in [7, 11) is 1.66. The fraction of sp³-hybridized carbons (Fsp3) is 0.450. The van der Waals surface area contributed by atoms with Crippen molar-refractivity contribution >= 4 is 5.97 Å². The van der Waals surface area contributed by atoms with E-state index in [0.29, 0.717) is 12.2 Å². The molecule has 1 aromatic rings. The highest BCUT2D eigenvalue weighted by atomic mass is 16.7. The van der Waals surface area contributed by atoms with Gasteiger partial charge in [0.1, 0.15) is 11.9 Å². The second-order valence-electron chi connectivity index (χ2n) is 6.67. The molecule has 3 aliphatic rings. The lowest BCUT2D eigenvalue weighted by atomic mass is 9.71. The van der Waals surface area contributed by atoms with Crippen LogP contribution in [0.15, 0.2) is 47.9 Å². The fourth-order valence-electron chi connectivity index (χ4n) is 4.08. The summed E-state index contributed by atoms with van der Waals surface area (Å²) in [5.41, 5.74) is 1.19. The van der Waals surface area contributed by atoms with Gasteiger partial charge in [-0.15, -0.1) is 0 Å². The van der Waals surface area contributed by atoms with Gasteiger partial charge >= 0.3 is 5.97 Å². The number of benzene rings is 1. The molecule has 2 fully saturated rings. The second kappa shape index (κ2) is 6.47. The monoisotopic (exact) mass is 342 g/mol. The molecule has 25 heavy (non-hydrogen) atoms. The number of methoxy groups -OCH3 is 1. The molecule has 1 aromatic carbocycles. The predicted octanol–water partition coefficient (Wildman–Crippen LogP) is 3.52. The molecule has 5 heteroatoms. The smallest absolute Gasteiger partial charge is 0.306 e. The Bertz CT molecular complexity index is 718. The Morgan fingerprint density at radius 3 is 2.52 bits per heavy atom. The molecule has 0 saturated carbocycles. The van der Waals surface area contributed by atoms with Crippen LogP contribution in [-0.2, 0) is 19.0 Å². The molecule has 0 amide bonds. The molecule has 5 nitrogen and oxygen atoms in total. The normalized spacial score (nSPS) is 30.6. The molecule has 2 saturated heterocycles. The summed E-state index contributed by atoms with van der Waals surface area (Å²) in [6.07, 6.45) is 4.97. The number of hydrogen-bond donors (Lipinski definition) is 0. The number of carbonyl (C=O) groups excluding carboxylic acids is 1. The molecule has 132 valence electrons. The van der Waals surface area contributed by atoms with E-state index < -0.39 is 0 Å². The van der Waals surface area contributed by atoms with Crippen LogP contribution in [0.4, 0.5) is 0 Å². The van der Waals surface area contributed by atoms with Gasteiger partial charge in [-0.2, -0.15) is 0 Å². The molecular weight excluding hydrogens is 320 g/mol. The minimum atomic E-state index is -0.323. The zero-order chi connectivity index (χ0) is 17.4. The van der Waals surface area contributed by atoms with Crippen molar-refractivity contribution in [3.05, 3.63) is 53.5 Å². The molecule has 0 bridgehead atoms. The van der Waals surface area contributed by atoms with E-state index >= 15 is 0 Å². The van der Waals surface area contributed by atoms with Crippen LogP contribution in [0.5, 0.6) is 5.75 Å². The van der Waals surface area contributed by atoms with Crippen LogP contribution in [0.3, 0.4) is 0 Å². The Hall–Kier alpha value is -2.43. The zero-order valence-corrected chi connectivity index (χ0v) is 14.4. The number of hydrogen-bond acceptors (Lipinski definition) is 5. The van der Waals surface area contributed by atoms with E-state index in [1.54, 1.807) is 7.11 Å². The average Bonchev–Trinajstić information content (AvgIpc) is 3.03. The lowest BCUT2D eigenvalue weighted by Gasteiger charge is -2.33. The Morgan fingerprint density at radius 1 is 1.12 bits per heavy atom. The standard InChI is InChI=1S/C20H22O5/c1-3-12-8-19(21)25-16-10-18-17(23-11-24-18)9-15(16)20(12)13-4-6-14(22-2)7-5-13/h4-7,9-10,12,15-16,20H,3,8,11H2,1-2H3/t12-,15?,16?,20+/m1/s1. The summed E-state index contributed by atoms with van der Waals surface area (Å²) >= 11 is 0. The summed E-state index contributed by atoms with van der Waals surface area (Å²) in [4.78, 5) is 12.3. The molecule has 4 rings (SSSR count). The average molecular weight is 342 g/mol. The number of rotatable bonds is 3. The van der Waals surface area contributed by atoms with Crippen molar-refractivity contribution in [2.45, 2.75) is 31.8 Å². The highest BCUT2D eigenvalue weighted by Gasteiger charge is 2.43. The number of ether oxygens (including phenoxy) is 4. The Balaban J connectivity index is 1.76. The van der Waals surface area contributed by atoms with Crippen molar-refractivity contribution in [2.75, 3.05) is 13.9 Å². The van der Waals surface area contributed by atoms with Crippen LogP contribution >= 0.6 is 0 Å². The van der Waals surface area contributed by atoms with Crippen molar-refractivity contribution in [2.24, 2.45) is 11.8 Å².